The maximum atomic E-state index is 13.8. The largest absolute Gasteiger partial charge is 0.345 e. The first-order valence-corrected chi connectivity index (χ1v) is 14.6. The lowest BCUT2D eigenvalue weighted by Gasteiger charge is -2.26. The maximum Gasteiger partial charge on any atom is 0.264 e. The van der Waals surface area contributed by atoms with Crippen LogP contribution in [0.25, 0.3) is 0 Å². The van der Waals surface area contributed by atoms with Crippen LogP contribution in [0.2, 0.25) is 0 Å². The molecule has 8 heteroatoms. The van der Waals surface area contributed by atoms with Crippen LogP contribution in [0.5, 0.6) is 0 Å². The molecule has 0 bridgehead atoms. The highest BCUT2D eigenvalue weighted by molar-refractivity contribution is 7.92. The fraction of sp³-hybridized carbons (Fsp3) is 0.188. The van der Waals surface area contributed by atoms with Gasteiger partial charge in [0.2, 0.25) is 5.91 Å². The summed E-state index contributed by atoms with van der Waals surface area (Å²) in [6, 6.07) is 29.6. The van der Waals surface area contributed by atoms with Gasteiger partial charge in [-0.25, -0.2) is 8.42 Å². The van der Waals surface area contributed by atoms with Crippen LogP contribution in [0.15, 0.2) is 108 Å². The second-order valence-electron chi connectivity index (χ2n) is 9.51. The SMILES string of the molecule is CCc1ccccc1N(CC(=O)Nc1ccccc1C(=O)N[C@H](C)c1ccccc1)S(=O)(=O)c1ccc(C)cc1. The van der Waals surface area contributed by atoms with Gasteiger partial charge >= 0.3 is 0 Å². The maximum absolute atomic E-state index is 13.8. The molecular weight excluding hydrogens is 522 g/mol. The van der Waals surface area contributed by atoms with Gasteiger partial charge in [0.15, 0.2) is 0 Å². The lowest BCUT2D eigenvalue weighted by atomic mass is 10.1. The number of sulfonamides is 1. The lowest BCUT2D eigenvalue weighted by Crippen LogP contribution is -2.39. The topological polar surface area (TPSA) is 95.6 Å². The van der Waals surface area contributed by atoms with Crippen molar-refractivity contribution in [1.82, 2.24) is 5.32 Å². The van der Waals surface area contributed by atoms with E-state index in [1.807, 2.05) is 63.2 Å². The summed E-state index contributed by atoms with van der Waals surface area (Å²) in [5, 5.41) is 5.73. The van der Waals surface area contributed by atoms with Gasteiger partial charge in [-0.05, 0) is 61.7 Å². The molecule has 4 aromatic rings. The second-order valence-corrected chi connectivity index (χ2v) is 11.4. The Labute approximate surface area is 235 Å². The quantitative estimate of drug-likeness (QED) is 0.255. The Morgan fingerprint density at radius 3 is 2.15 bits per heavy atom. The zero-order chi connectivity index (χ0) is 28.7. The first kappa shape index (κ1) is 28.6. The summed E-state index contributed by atoms with van der Waals surface area (Å²) in [5.41, 5.74) is 3.67. The highest BCUT2D eigenvalue weighted by Crippen LogP contribution is 2.28. The van der Waals surface area contributed by atoms with Crippen LogP contribution in [-0.2, 0) is 21.2 Å². The minimum atomic E-state index is -4.07. The zero-order valence-electron chi connectivity index (χ0n) is 22.8. The van der Waals surface area contributed by atoms with Crippen molar-refractivity contribution in [3.63, 3.8) is 0 Å². The average molecular weight is 556 g/mol. The Balaban J connectivity index is 1.61. The van der Waals surface area contributed by atoms with E-state index in [4.69, 9.17) is 0 Å². The van der Waals surface area contributed by atoms with Crippen molar-refractivity contribution in [1.29, 1.82) is 0 Å². The number of hydrogen-bond donors (Lipinski definition) is 2. The minimum Gasteiger partial charge on any atom is -0.345 e. The lowest BCUT2D eigenvalue weighted by molar-refractivity contribution is -0.114. The number of hydrogen-bond acceptors (Lipinski definition) is 4. The number of aryl methyl sites for hydroxylation is 2. The number of benzene rings is 4. The number of rotatable bonds is 10. The van der Waals surface area contributed by atoms with Crippen molar-refractivity contribution in [2.24, 2.45) is 0 Å². The summed E-state index contributed by atoms with van der Waals surface area (Å²) < 4.78 is 28.8. The van der Waals surface area contributed by atoms with E-state index < -0.39 is 22.5 Å². The van der Waals surface area contributed by atoms with E-state index in [1.54, 1.807) is 48.5 Å². The van der Waals surface area contributed by atoms with E-state index in [1.165, 1.54) is 12.1 Å². The average Bonchev–Trinajstić information content (AvgIpc) is 2.96. The van der Waals surface area contributed by atoms with Crippen molar-refractivity contribution in [2.45, 2.75) is 38.1 Å². The molecule has 0 unspecified atom stereocenters. The van der Waals surface area contributed by atoms with Crippen molar-refractivity contribution in [2.75, 3.05) is 16.2 Å². The molecule has 0 aliphatic rings. The first-order chi connectivity index (χ1) is 19.2. The van der Waals surface area contributed by atoms with Crippen LogP contribution < -0.4 is 14.9 Å². The fourth-order valence-electron chi connectivity index (χ4n) is 4.40. The number of para-hydroxylation sites is 2. The summed E-state index contributed by atoms with van der Waals surface area (Å²) in [6.45, 7) is 5.22. The van der Waals surface area contributed by atoms with E-state index in [0.717, 1.165) is 21.0 Å². The van der Waals surface area contributed by atoms with Crippen LogP contribution >= 0.6 is 0 Å². The summed E-state index contributed by atoms with van der Waals surface area (Å²) in [4.78, 5) is 26.6. The normalized spacial score (nSPS) is 11.9. The van der Waals surface area contributed by atoms with Gasteiger partial charge in [0.1, 0.15) is 6.54 Å². The van der Waals surface area contributed by atoms with Crippen LogP contribution in [0.4, 0.5) is 11.4 Å². The molecule has 0 saturated heterocycles. The molecule has 4 rings (SSSR count). The monoisotopic (exact) mass is 555 g/mol. The van der Waals surface area contributed by atoms with Gasteiger partial charge < -0.3 is 10.6 Å². The van der Waals surface area contributed by atoms with Crippen LogP contribution in [0.1, 0.15) is 46.9 Å². The Bertz CT molecular complexity index is 1590. The van der Waals surface area contributed by atoms with Crippen molar-refractivity contribution in [3.8, 4) is 0 Å². The Morgan fingerprint density at radius 1 is 0.825 bits per heavy atom. The molecule has 40 heavy (non-hydrogen) atoms. The van der Waals surface area contributed by atoms with Gasteiger partial charge in [-0.3, -0.25) is 13.9 Å². The van der Waals surface area contributed by atoms with Crippen LogP contribution in [0, 0.1) is 6.92 Å². The smallest absolute Gasteiger partial charge is 0.264 e. The van der Waals surface area contributed by atoms with Gasteiger partial charge in [0.25, 0.3) is 15.9 Å². The molecule has 0 aliphatic carbocycles. The Morgan fingerprint density at radius 2 is 1.45 bits per heavy atom. The predicted molar refractivity (Wildman–Crippen MR) is 159 cm³/mol. The summed E-state index contributed by atoms with van der Waals surface area (Å²) >= 11 is 0. The van der Waals surface area contributed by atoms with E-state index >= 15 is 0 Å². The number of carbonyl (C=O) groups excluding carboxylic acids is 2. The Kier molecular flexibility index (Phi) is 9.01. The summed E-state index contributed by atoms with van der Waals surface area (Å²) in [7, 11) is -4.07. The standard InChI is InChI=1S/C32H33N3O4S/c1-4-25-12-8-11-17-30(25)35(40(38,39)27-20-18-23(2)19-21-27)22-31(36)34-29-16-10-9-15-28(29)32(37)33-24(3)26-13-6-5-7-14-26/h5-21,24H,4,22H2,1-3H3,(H,33,37)(H,34,36)/t24-/m1/s1. The highest BCUT2D eigenvalue weighted by atomic mass is 32.2. The molecule has 0 aliphatic heterocycles. The molecule has 1 atom stereocenters. The molecular formula is C32H33N3O4S. The van der Waals surface area contributed by atoms with Gasteiger partial charge in [-0.1, -0.05) is 85.3 Å². The molecule has 2 N–H and O–H groups in total. The first-order valence-electron chi connectivity index (χ1n) is 13.1. The van der Waals surface area contributed by atoms with Crippen molar-refractivity contribution in [3.05, 3.63) is 125 Å². The Hall–Kier alpha value is -4.43. The minimum absolute atomic E-state index is 0.0893. The molecule has 4 aromatic carbocycles. The molecule has 0 fully saturated rings. The molecule has 206 valence electrons. The van der Waals surface area contributed by atoms with Gasteiger partial charge in [0, 0.05) is 0 Å². The molecule has 0 saturated carbocycles. The second kappa shape index (κ2) is 12.6. The number of anilines is 2. The third-order valence-corrected chi connectivity index (χ3v) is 8.40. The molecule has 2 amide bonds. The molecule has 0 spiro atoms. The van der Waals surface area contributed by atoms with Crippen LogP contribution in [0.3, 0.4) is 0 Å². The van der Waals surface area contributed by atoms with E-state index in [-0.39, 0.29) is 22.4 Å². The zero-order valence-corrected chi connectivity index (χ0v) is 23.6. The van der Waals surface area contributed by atoms with Crippen molar-refractivity contribution >= 4 is 33.2 Å². The van der Waals surface area contributed by atoms with E-state index in [0.29, 0.717) is 17.8 Å². The van der Waals surface area contributed by atoms with E-state index in [9.17, 15) is 18.0 Å². The molecule has 7 nitrogen and oxygen atoms in total. The molecule has 0 radical (unpaired) electrons. The van der Waals surface area contributed by atoms with Gasteiger partial charge in [-0.2, -0.15) is 0 Å². The van der Waals surface area contributed by atoms with Crippen molar-refractivity contribution < 1.29 is 18.0 Å². The predicted octanol–water partition coefficient (Wildman–Crippen LogP) is 5.88. The number of nitrogens with one attached hydrogen (secondary N) is 2. The third kappa shape index (κ3) is 6.58. The van der Waals surface area contributed by atoms with Gasteiger partial charge in [0.05, 0.1) is 27.9 Å². The molecule has 0 aromatic heterocycles. The van der Waals surface area contributed by atoms with Gasteiger partial charge in [-0.15, -0.1) is 0 Å². The summed E-state index contributed by atoms with van der Waals surface area (Å²) in [5.74, 6) is -0.925. The number of amides is 2. The third-order valence-electron chi connectivity index (χ3n) is 6.63. The fourth-order valence-corrected chi connectivity index (χ4v) is 5.86. The highest BCUT2D eigenvalue weighted by Gasteiger charge is 2.29. The summed E-state index contributed by atoms with van der Waals surface area (Å²) in [6.07, 6.45) is 0.584. The number of nitrogens with zero attached hydrogens (tertiary/aromatic N) is 1. The van der Waals surface area contributed by atoms with E-state index in [2.05, 4.69) is 10.6 Å². The molecule has 0 heterocycles. The number of carbonyl (C=O) groups is 2. The van der Waals surface area contributed by atoms with Crippen LogP contribution in [-0.4, -0.2) is 26.8 Å².